The lowest BCUT2D eigenvalue weighted by Gasteiger charge is -2.26. The molecule has 0 saturated heterocycles. The molecule has 1 heterocycles. The smallest absolute Gasteiger partial charge is 0.466 e. The van der Waals surface area contributed by atoms with Crippen LogP contribution in [0.3, 0.4) is 0 Å². The van der Waals surface area contributed by atoms with E-state index in [4.69, 9.17) is 50.1 Å². The normalized spacial score (nSPS) is 12.8. The van der Waals surface area contributed by atoms with Gasteiger partial charge >= 0.3 is 15.6 Å². The van der Waals surface area contributed by atoms with Crippen molar-refractivity contribution < 1.29 is 54.5 Å². The third kappa shape index (κ3) is 14.5. The van der Waals surface area contributed by atoms with Crippen LogP contribution >= 0.6 is 27.2 Å². The molecule has 0 spiro atoms. The molecule has 2 aromatic carbocycles. The first-order chi connectivity index (χ1) is 17.8. The van der Waals surface area contributed by atoms with Gasteiger partial charge in [0, 0.05) is 45.6 Å². The van der Waals surface area contributed by atoms with E-state index in [1.165, 1.54) is 5.56 Å². The number of halogens is 1. The van der Waals surface area contributed by atoms with Crippen LogP contribution in [-0.4, -0.2) is 55.9 Å². The maximum atomic E-state index is 10.9. The standard InChI is InChI=1S/C24H28ClN3O.2H3O4P.2H2O/c1-24(2,3)27-14-15-12-22(17-6-4-5-7-18(17)23(15)29)28-20-10-11-26-21-13-16(25)8-9-19(20)21;2*1-5(2,3)4;;/h8-13,27,29H,4-7,14H2,1-3H3,(H,26,28);2*(H3,1,2,3,4);2*1H2. The van der Waals surface area contributed by atoms with Crippen LogP contribution in [-0.2, 0) is 28.5 Å². The Morgan fingerprint density at radius 3 is 1.95 bits per heavy atom. The third-order valence-corrected chi connectivity index (χ3v) is 5.72. The number of aromatic nitrogens is 1. The van der Waals surface area contributed by atoms with Crippen molar-refractivity contribution in [1.29, 1.82) is 0 Å². The van der Waals surface area contributed by atoms with Gasteiger partial charge in [-0.1, -0.05) is 11.6 Å². The van der Waals surface area contributed by atoms with E-state index in [9.17, 15) is 5.11 Å². The Morgan fingerprint density at radius 1 is 0.878 bits per heavy atom. The quantitative estimate of drug-likeness (QED) is 0.147. The van der Waals surface area contributed by atoms with Crippen LogP contribution in [0.2, 0.25) is 5.02 Å². The maximum Gasteiger partial charge on any atom is 0.466 e. The monoisotopic (exact) mass is 641 g/mol. The molecule has 0 fully saturated rings. The number of fused-ring (bicyclic) bond motifs is 2. The van der Waals surface area contributed by atoms with Crippen molar-refractivity contribution in [3.05, 3.63) is 58.2 Å². The highest BCUT2D eigenvalue weighted by Gasteiger charge is 2.22. The largest absolute Gasteiger partial charge is 0.507 e. The number of hydrogen-bond donors (Lipinski definition) is 9. The summed E-state index contributed by atoms with van der Waals surface area (Å²) in [6.45, 7) is 7.03. The first-order valence-corrected chi connectivity index (χ1v) is 15.3. The van der Waals surface area contributed by atoms with Gasteiger partial charge in [0.05, 0.1) is 5.52 Å². The number of nitrogens with zero attached hydrogens (tertiary/aromatic N) is 1. The Labute approximate surface area is 242 Å². The number of pyridine rings is 1. The highest BCUT2D eigenvalue weighted by molar-refractivity contribution is 7.45. The molecule has 3 aromatic rings. The van der Waals surface area contributed by atoms with Crippen LogP contribution in [0.25, 0.3) is 10.9 Å². The van der Waals surface area contributed by atoms with Gasteiger partial charge in [-0.05, 0) is 87.9 Å². The van der Waals surface area contributed by atoms with Gasteiger partial charge in [-0.2, -0.15) is 0 Å². The van der Waals surface area contributed by atoms with E-state index in [1.807, 2.05) is 24.3 Å². The molecular formula is C24H38ClN3O11P2. The van der Waals surface area contributed by atoms with Crippen molar-refractivity contribution in [2.24, 2.45) is 0 Å². The summed E-state index contributed by atoms with van der Waals surface area (Å²) in [6, 6.07) is 9.86. The zero-order valence-electron chi connectivity index (χ0n) is 22.7. The molecule has 41 heavy (non-hydrogen) atoms. The number of nitrogens with one attached hydrogen (secondary N) is 2. The van der Waals surface area contributed by atoms with Crippen molar-refractivity contribution >= 4 is 49.5 Å². The summed E-state index contributed by atoms with van der Waals surface area (Å²) < 4.78 is 17.8. The fourth-order valence-corrected chi connectivity index (χ4v) is 4.14. The zero-order chi connectivity index (χ0) is 29.6. The van der Waals surface area contributed by atoms with Gasteiger partial charge in [-0.15, -0.1) is 0 Å². The first-order valence-electron chi connectivity index (χ1n) is 11.8. The minimum Gasteiger partial charge on any atom is -0.507 e. The van der Waals surface area contributed by atoms with Gasteiger partial charge < -0.3 is 56.1 Å². The summed E-state index contributed by atoms with van der Waals surface area (Å²) in [5, 5.41) is 19.8. The van der Waals surface area contributed by atoms with E-state index in [1.54, 1.807) is 6.20 Å². The number of phenols is 1. The Kier molecular flexibility index (Phi) is 15.1. The number of phosphoric acid groups is 2. The van der Waals surface area contributed by atoms with Gasteiger partial charge in [0.15, 0.2) is 0 Å². The maximum absolute atomic E-state index is 10.9. The van der Waals surface area contributed by atoms with Crippen LogP contribution in [0, 0.1) is 0 Å². The van der Waals surface area contributed by atoms with Gasteiger partial charge in [-0.25, -0.2) is 9.13 Å². The topological polar surface area (TPSA) is 276 Å². The number of benzene rings is 2. The van der Waals surface area contributed by atoms with E-state index in [-0.39, 0.29) is 16.5 Å². The fourth-order valence-electron chi connectivity index (χ4n) is 3.97. The Hall–Kier alpha value is -2.16. The average molecular weight is 642 g/mol. The van der Waals surface area contributed by atoms with Crippen molar-refractivity contribution in [1.82, 2.24) is 10.3 Å². The van der Waals surface area contributed by atoms with Gasteiger partial charge in [0.1, 0.15) is 5.75 Å². The van der Waals surface area contributed by atoms with Crippen molar-refractivity contribution in [2.45, 2.75) is 58.5 Å². The molecule has 0 aliphatic heterocycles. The van der Waals surface area contributed by atoms with E-state index in [2.05, 4.69) is 42.5 Å². The van der Waals surface area contributed by atoms with Gasteiger partial charge in [0.25, 0.3) is 0 Å². The predicted molar refractivity (Wildman–Crippen MR) is 157 cm³/mol. The fraction of sp³-hybridized carbons (Fsp3) is 0.375. The summed E-state index contributed by atoms with van der Waals surface area (Å²) in [5.41, 5.74) is 6.18. The van der Waals surface area contributed by atoms with Crippen molar-refractivity contribution in [3.8, 4) is 5.75 Å². The minimum atomic E-state index is -4.64. The highest BCUT2D eigenvalue weighted by atomic mass is 35.5. The lowest BCUT2D eigenvalue weighted by Crippen LogP contribution is -2.35. The van der Waals surface area contributed by atoms with Crippen LogP contribution in [0.5, 0.6) is 5.75 Å². The van der Waals surface area contributed by atoms with E-state index in [0.29, 0.717) is 17.3 Å². The third-order valence-electron chi connectivity index (χ3n) is 5.48. The van der Waals surface area contributed by atoms with Gasteiger partial charge in [0.2, 0.25) is 0 Å². The molecule has 0 bridgehead atoms. The second-order valence-corrected chi connectivity index (χ2v) is 12.4. The Morgan fingerprint density at radius 2 is 1.41 bits per heavy atom. The van der Waals surface area contributed by atoms with Crippen molar-refractivity contribution in [2.75, 3.05) is 5.32 Å². The molecule has 1 aliphatic carbocycles. The summed E-state index contributed by atoms with van der Waals surface area (Å²) in [6.07, 6.45) is 5.97. The number of aromatic hydroxyl groups is 1. The van der Waals surface area contributed by atoms with E-state index in [0.717, 1.165) is 59.1 Å². The molecule has 4 rings (SSSR count). The first kappa shape index (κ1) is 38.8. The molecule has 0 amide bonds. The molecule has 1 aromatic heterocycles. The summed E-state index contributed by atoms with van der Waals surface area (Å²) >= 11 is 6.14. The average Bonchev–Trinajstić information content (AvgIpc) is 2.77. The minimum absolute atomic E-state index is 0. The molecule has 0 atom stereocenters. The SMILES string of the molecule is CC(C)(C)NCc1cc(Nc2ccnc3cc(Cl)ccc23)c2c(c1O)CCCC2.O.O.O=P(O)(O)O.O=P(O)(O)O. The van der Waals surface area contributed by atoms with Crippen molar-refractivity contribution in [3.63, 3.8) is 0 Å². The molecule has 232 valence electrons. The predicted octanol–water partition coefficient (Wildman–Crippen LogP) is 2.60. The van der Waals surface area contributed by atoms with Crippen LogP contribution in [0.1, 0.15) is 50.3 Å². The molecule has 1 aliphatic rings. The van der Waals surface area contributed by atoms with Crippen LogP contribution in [0.4, 0.5) is 11.4 Å². The number of rotatable bonds is 4. The van der Waals surface area contributed by atoms with E-state index >= 15 is 0 Å². The molecular weight excluding hydrogens is 604 g/mol. The summed E-state index contributed by atoms with van der Waals surface area (Å²) in [4.78, 5) is 47.6. The molecule has 0 radical (unpaired) electrons. The summed E-state index contributed by atoms with van der Waals surface area (Å²) in [7, 11) is -9.28. The molecule has 0 saturated carbocycles. The Bertz CT molecular complexity index is 1350. The lowest BCUT2D eigenvalue weighted by molar-refractivity contribution is 0.272. The van der Waals surface area contributed by atoms with Gasteiger partial charge in [-0.3, -0.25) is 4.98 Å². The number of hydrogen-bond acceptors (Lipinski definition) is 6. The lowest BCUT2D eigenvalue weighted by atomic mass is 9.87. The Balaban J connectivity index is 0.00000116. The van der Waals surface area contributed by atoms with Crippen LogP contribution in [0.15, 0.2) is 36.5 Å². The molecule has 14 nitrogen and oxygen atoms in total. The second-order valence-electron chi connectivity index (χ2n) is 9.87. The molecule has 17 heteroatoms. The number of phenolic OH excluding ortho intramolecular Hbond substituents is 1. The van der Waals surface area contributed by atoms with Crippen LogP contribution < -0.4 is 10.6 Å². The molecule has 13 N–H and O–H groups in total. The summed E-state index contributed by atoms with van der Waals surface area (Å²) in [5.74, 6) is 0.452. The zero-order valence-corrected chi connectivity index (χ0v) is 25.2. The van der Waals surface area contributed by atoms with E-state index < -0.39 is 15.6 Å². The number of anilines is 2. The second kappa shape index (κ2) is 15.9. The molecule has 0 unspecified atom stereocenters. The highest BCUT2D eigenvalue weighted by Crippen LogP contribution is 2.39.